The fourth-order valence-electron chi connectivity index (χ4n) is 1.65. The molecule has 0 saturated carbocycles. The van der Waals surface area contributed by atoms with E-state index in [2.05, 4.69) is 0 Å². The molecule has 0 aliphatic rings. The van der Waals surface area contributed by atoms with Crippen molar-refractivity contribution in [3.05, 3.63) is 64.7 Å². The van der Waals surface area contributed by atoms with Crippen LogP contribution < -0.4 is 5.73 Å². The molecule has 0 atom stereocenters. The molecule has 0 heterocycles. The molecular weight excluding hydrogens is 322 g/mol. The molecule has 4 nitrogen and oxygen atoms in total. The lowest BCUT2D eigenvalue weighted by Crippen LogP contribution is -2.20. The normalized spacial score (nSPS) is 10.2. The van der Waals surface area contributed by atoms with Gasteiger partial charge < -0.3 is 10.5 Å². The summed E-state index contributed by atoms with van der Waals surface area (Å²) in [6.07, 6.45) is 0. The van der Waals surface area contributed by atoms with E-state index in [4.69, 9.17) is 22.1 Å². The number of halogens is 1. The molecule has 6 heteroatoms. The SMILES string of the molecule is NC(=O)COC(=O)c1ccc(CSc2ccc(Cl)cc2)cc1. The number of carbonyl (C=O) groups excluding carboxylic acids is 2. The molecule has 0 aromatic heterocycles. The van der Waals surface area contributed by atoms with Gasteiger partial charge in [-0.15, -0.1) is 11.8 Å². The number of nitrogens with two attached hydrogens (primary N) is 1. The Morgan fingerprint density at radius 3 is 2.27 bits per heavy atom. The van der Waals surface area contributed by atoms with Gasteiger partial charge in [0.1, 0.15) is 0 Å². The van der Waals surface area contributed by atoms with Gasteiger partial charge in [0.15, 0.2) is 6.61 Å². The van der Waals surface area contributed by atoms with Gasteiger partial charge in [0.25, 0.3) is 5.91 Å². The van der Waals surface area contributed by atoms with Gasteiger partial charge >= 0.3 is 5.97 Å². The molecular formula is C16H14ClNO3S. The van der Waals surface area contributed by atoms with Crippen LogP contribution in [0.15, 0.2) is 53.4 Å². The Balaban J connectivity index is 1.90. The first-order valence-corrected chi connectivity index (χ1v) is 7.83. The van der Waals surface area contributed by atoms with Crippen molar-refractivity contribution in [1.82, 2.24) is 0 Å². The first-order valence-electron chi connectivity index (χ1n) is 6.47. The molecule has 0 fully saturated rings. The zero-order valence-corrected chi connectivity index (χ0v) is 13.2. The molecule has 0 bridgehead atoms. The Labute approximate surface area is 137 Å². The van der Waals surface area contributed by atoms with E-state index >= 15 is 0 Å². The van der Waals surface area contributed by atoms with E-state index in [1.54, 1.807) is 23.9 Å². The lowest BCUT2D eigenvalue weighted by atomic mass is 10.1. The van der Waals surface area contributed by atoms with Crippen molar-refractivity contribution in [2.45, 2.75) is 10.6 Å². The van der Waals surface area contributed by atoms with E-state index < -0.39 is 18.5 Å². The predicted molar refractivity (Wildman–Crippen MR) is 86.9 cm³/mol. The van der Waals surface area contributed by atoms with Crippen molar-refractivity contribution in [3.8, 4) is 0 Å². The zero-order valence-electron chi connectivity index (χ0n) is 11.6. The van der Waals surface area contributed by atoms with E-state index in [-0.39, 0.29) is 0 Å². The second-order valence-corrected chi connectivity index (χ2v) is 5.97. The van der Waals surface area contributed by atoms with Crippen molar-refractivity contribution in [2.75, 3.05) is 6.61 Å². The second kappa shape index (κ2) is 7.87. The van der Waals surface area contributed by atoms with E-state index in [0.29, 0.717) is 10.6 Å². The Morgan fingerprint density at radius 2 is 1.68 bits per heavy atom. The molecule has 0 saturated heterocycles. The van der Waals surface area contributed by atoms with E-state index in [9.17, 15) is 9.59 Å². The summed E-state index contributed by atoms with van der Waals surface area (Å²) < 4.78 is 4.74. The highest BCUT2D eigenvalue weighted by Crippen LogP contribution is 2.24. The highest BCUT2D eigenvalue weighted by Gasteiger charge is 2.08. The van der Waals surface area contributed by atoms with Gasteiger partial charge in [-0.25, -0.2) is 4.79 Å². The molecule has 0 aliphatic carbocycles. The maximum absolute atomic E-state index is 11.6. The first-order chi connectivity index (χ1) is 10.5. The summed E-state index contributed by atoms with van der Waals surface area (Å²) in [7, 11) is 0. The number of hydrogen-bond acceptors (Lipinski definition) is 4. The van der Waals surface area contributed by atoms with Gasteiger partial charge in [-0.1, -0.05) is 23.7 Å². The summed E-state index contributed by atoms with van der Waals surface area (Å²) >= 11 is 7.51. The molecule has 114 valence electrons. The summed E-state index contributed by atoms with van der Waals surface area (Å²) in [4.78, 5) is 23.3. The molecule has 22 heavy (non-hydrogen) atoms. The molecule has 0 radical (unpaired) electrons. The van der Waals surface area contributed by atoms with Crippen LogP contribution >= 0.6 is 23.4 Å². The summed E-state index contributed by atoms with van der Waals surface area (Å²) in [5.74, 6) is -0.460. The molecule has 2 aromatic rings. The van der Waals surface area contributed by atoms with Crippen LogP contribution in [0.3, 0.4) is 0 Å². The number of hydrogen-bond donors (Lipinski definition) is 1. The molecule has 1 amide bonds. The van der Waals surface area contributed by atoms with E-state index in [1.165, 1.54) is 0 Å². The standard InChI is InChI=1S/C16H14ClNO3S/c17-13-5-7-14(8-6-13)22-10-11-1-3-12(4-2-11)16(20)21-9-15(18)19/h1-8H,9-10H2,(H2,18,19). The minimum Gasteiger partial charge on any atom is -0.452 e. The number of carbonyl (C=O) groups is 2. The molecule has 2 rings (SSSR count). The number of thioether (sulfide) groups is 1. The number of rotatable bonds is 6. The van der Waals surface area contributed by atoms with Gasteiger partial charge in [0, 0.05) is 15.7 Å². The fraction of sp³-hybridized carbons (Fsp3) is 0.125. The van der Waals surface area contributed by atoms with E-state index in [1.807, 2.05) is 36.4 Å². The van der Waals surface area contributed by atoms with Crippen LogP contribution in [-0.2, 0) is 15.3 Å². The third kappa shape index (κ3) is 5.09. The maximum Gasteiger partial charge on any atom is 0.338 e. The lowest BCUT2D eigenvalue weighted by molar-refractivity contribution is -0.121. The Morgan fingerprint density at radius 1 is 1.05 bits per heavy atom. The van der Waals surface area contributed by atoms with Gasteiger partial charge in [0.05, 0.1) is 5.56 Å². The molecule has 0 spiro atoms. The van der Waals surface area contributed by atoms with Crippen LogP contribution in [0.2, 0.25) is 5.02 Å². The Hall–Kier alpha value is -1.98. The van der Waals surface area contributed by atoms with Gasteiger partial charge in [0.2, 0.25) is 0 Å². The number of ether oxygens (including phenoxy) is 1. The van der Waals surface area contributed by atoms with E-state index in [0.717, 1.165) is 16.2 Å². The Kier molecular flexibility index (Phi) is 5.86. The smallest absolute Gasteiger partial charge is 0.338 e. The third-order valence-electron chi connectivity index (χ3n) is 2.75. The fourth-order valence-corrected chi connectivity index (χ4v) is 2.63. The highest BCUT2D eigenvalue weighted by atomic mass is 35.5. The summed E-state index contributed by atoms with van der Waals surface area (Å²) in [6.45, 7) is -0.410. The second-order valence-electron chi connectivity index (χ2n) is 4.48. The van der Waals surface area contributed by atoms with Crippen LogP contribution in [0.4, 0.5) is 0 Å². The largest absolute Gasteiger partial charge is 0.452 e. The van der Waals surface area contributed by atoms with Crippen molar-refractivity contribution >= 4 is 35.2 Å². The minimum atomic E-state index is -0.677. The number of amides is 1. The third-order valence-corrected chi connectivity index (χ3v) is 4.09. The van der Waals surface area contributed by atoms with Crippen LogP contribution in [0.1, 0.15) is 15.9 Å². The molecule has 2 aromatic carbocycles. The minimum absolute atomic E-state index is 0.390. The van der Waals surface area contributed by atoms with Crippen LogP contribution in [0.25, 0.3) is 0 Å². The monoisotopic (exact) mass is 335 g/mol. The summed E-state index contributed by atoms with van der Waals surface area (Å²) in [5.41, 5.74) is 6.39. The lowest BCUT2D eigenvalue weighted by Gasteiger charge is -2.05. The van der Waals surface area contributed by atoms with Crippen LogP contribution in [0, 0.1) is 0 Å². The number of esters is 1. The first kappa shape index (κ1) is 16.4. The average molecular weight is 336 g/mol. The summed E-state index contributed by atoms with van der Waals surface area (Å²) in [6, 6.07) is 14.7. The highest BCUT2D eigenvalue weighted by molar-refractivity contribution is 7.98. The van der Waals surface area contributed by atoms with Crippen molar-refractivity contribution in [3.63, 3.8) is 0 Å². The predicted octanol–water partition coefficient (Wildman–Crippen LogP) is 3.27. The maximum atomic E-state index is 11.6. The van der Waals surface area contributed by atoms with Crippen molar-refractivity contribution in [1.29, 1.82) is 0 Å². The number of benzene rings is 2. The van der Waals surface area contributed by atoms with Crippen LogP contribution in [0.5, 0.6) is 0 Å². The van der Waals surface area contributed by atoms with Gasteiger partial charge in [-0.3, -0.25) is 4.79 Å². The molecule has 2 N–H and O–H groups in total. The molecule has 0 aliphatic heterocycles. The van der Waals surface area contributed by atoms with Crippen LogP contribution in [-0.4, -0.2) is 18.5 Å². The topological polar surface area (TPSA) is 69.4 Å². The molecule has 0 unspecified atom stereocenters. The van der Waals surface area contributed by atoms with Crippen molar-refractivity contribution < 1.29 is 14.3 Å². The Bertz CT molecular complexity index is 656. The average Bonchev–Trinajstić information content (AvgIpc) is 2.52. The van der Waals surface area contributed by atoms with Gasteiger partial charge in [-0.05, 0) is 42.0 Å². The quantitative estimate of drug-likeness (QED) is 0.649. The zero-order chi connectivity index (χ0) is 15.9. The van der Waals surface area contributed by atoms with Gasteiger partial charge in [-0.2, -0.15) is 0 Å². The van der Waals surface area contributed by atoms with Crippen molar-refractivity contribution in [2.24, 2.45) is 5.73 Å². The number of primary amides is 1. The summed E-state index contributed by atoms with van der Waals surface area (Å²) in [5, 5.41) is 0.711.